The number of hydrogen-bond donors (Lipinski definition) is 2. The van der Waals surface area contributed by atoms with E-state index in [0.29, 0.717) is 21.7 Å². The van der Waals surface area contributed by atoms with Gasteiger partial charge in [-0.1, -0.05) is 41.4 Å². The summed E-state index contributed by atoms with van der Waals surface area (Å²) in [7, 11) is 0. The summed E-state index contributed by atoms with van der Waals surface area (Å²) in [6.45, 7) is 2.75. The van der Waals surface area contributed by atoms with E-state index in [0.717, 1.165) is 12.2 Å². The number of pyridine rings is 1. The van der Waals surface area contributed by atoms with Crippen molar-refractivity contribution in [2.45, 2.75) is 6.92 Å². The van der Waals surface area contributed by atoms with Crippen LogP contribution in [0.25, 0.3) is 0 Å². The number of para-hydroxylation sites is 1. The van der Waals surface area contributed by atoms with E-state index in [4.69, 9.17) is 29.0 Å². The second-order valence-corrected chi connectivity index (χ2v) is 4.66. The van der Waals surface area contributed by atoms with Gasteiger partial charge in [0.25, 0.3) is 0 Å². The van der Waals surface area contributed by atoms with Crippen LogP contribution in [0.5, 0.6) is 0 Å². The Morgan fingerprint density at radius 3 is 2.47 bits per heavy atom. The van der Waals surface area contributed by atoms with Crippen molar-refractivity contribution in [1.29, 1.82) is 0 Å². The second kappa shape index (κ2) is 6.10. The van der Waals surface area contributed by atoms with Crippen LogP contribution < -0.4 is 16.2 Å². The third-order valence-electron chi connectivity index (χ3n) is 2.69. The molecule has 0 aliphatic rings. The fourth-order valence-electron chi connectivity index (χ4n) is 1.81. The van der Waals surface area contributed by atoms with Crippen LogP contribution in [0.1, 0.15) is 6.92 Å². The maximum atomic E-state index is 6.22. The molecule has 4 nitrogen and oxygen atoms in total. The molecule has 1 heterocycles. The van der Waals surface area contributed by atoms with Crippen molar-refractivity contribution in [1.82, 2.24) is 4.98 Å². The lowest BCUT2D eigenvalue weighted by Crippen LogP contribution is -2.19. The molecule has 0 fully saturated rings. The summed E-state index contributed by atoms with van der Waals surface area (Å²) in [5.74, 6) is 6.41. The summed E-state index contributed by atoms with van der Waals surface area (Å²) >= 11 is 12.2. The second-order valence-electron chi connectivity index (χ2n) is 3.85. The molecule has 0 bridgehead atoms. The first-order valence-corrected chi connectivity index (χ1v) is 6.58. The minimum atomic E-state index is 0.389. The zero-order chi connectivity index (χ0) is 13.8. The van der Waals surface area contributed by atoms with Gasteiger partial charge in [0.1, 0.15) is 0 Å². The molecule has 0 spiro atoms. The molecule has 2 aromatic rings. The molecule has 100 valence electrons. The molecule has 3 N–H and O–H groups in total. The van der Waals surface area contributed by atoms with Gasteiger partial charge in [-0.3, -0.25) is 0 Å². The summed E-state index contributed by atoms with van der Waals surface area (Å²) in [6.07, 6.45) is 0. The number of halogens is 2. The smallest absolute Gasteiger partial charge is 0.161 e. The van der Waals surface area contributed by atoms with E-state index >= 15 is 0 Å². The average Bonchev–Trinajstić information content (AvgIpc) is 2.43. The van der Waals surface area contributed by atoms with Crippen LogP contribution in [0.15, 0.2) is 36.4 Å². The Hall–Kier alpha value is -1.49. The van der Waals surface area contributed by atoms with Crippen molar-refractivity contribution in [2.75, 3.05) is 16.9 Å². The molecule has 0 aliphatic carbocycles. The minimum Gasteiger partial charge on any atom is -0.325 e. The standard InChI is InChI=1S/C13H14Cl2N4/c1-2-19(9-6-4-3-5-7-9)13-11(15)8-10(14)12(17-13)18-16/h3-8H,2,16H2,1H3,(H,17,18). The molecular weight excluding hydrogens is 283 g/mol. The first-order valence-electron chi connectivity index (χ1n) is 5.82. The van der Waals surface area contributed by atoms with Gasteiger partial charge in [0.05, 0.1) is 10.0 Å². The number of aromatic nitrogens is 1. The Balaban J connectivity index is 2.50. The molecule has 0 radical (unpaired) electrons. The molecule has 0 saturated heterocycles. The monoisotopic (exact) mass is 296 g/mol. The van der Waals surface area contributed by atoms with Crippen LogP contribution in [0.3, 0.4) is 0 Å². The first-order chi connectivity index (χ1) is 9.17. The van der Waals surface area contributed by atoms with Gasteiger partial charge in [-0.05, 0) is 25.1 Å². The van der Waals surface area contributed by atoms with Crippen LogP contribution in [-0.4, -0.2) is 11.5 Å². The summed E-state index contributed by atoms with van der Waals surface area (Å²) < 4.78 is 0. The highest BCUT2D eigenvalue weighted by Crippen LogP contribution is 2.34. The average molecular weight is 297 g/mol. The Morgan fingerprint density at radius 1 is 1.21 bits per heavy atom. The van der Waals surface area contributed by atoms with Crippen LogP contribution in [-0.2, 0) is 0 Å². The van der Waals surface area contributed by atoms with Gasteiger partial charge >= 0.3 is 0 Å². The molecule has 19 heavy (non-hydrogen) atoms. The molecule has 6 heteroatoms. The quantitative estimate of drug-likeness (QED) is 0.665. The largest absolute Gasteiger partial charge is 0.325 e. The maximum Gasteiger partial charge on any atom is 0.161 e. The molecule has 0 aliphatic heterocycles. The van der Waals surface area contributed by atoms with Crippen LogP contribution in [0, 0.1) is 0 Å². The third kappa shape index (κ3) is 2.92. The molecule has 1 aromatic carbocycles. The topological polar surface area (TPSA) is 54.2 Å². The number of hydrazine groups is 1. The van der Waals surface area contributed by atoms with E-state index in [2.05, 4.69) is 10.4 Å². The van der Waals surface area contributed by atoms with E-state index in [-0.39, 0.29) is 0 Å². The van der Waals surface area contributed by atoms with Gasteiger partial charge in [-0.25, -0.2) is 10.8 Å². The van der Waals surface area contributed by atoms with E-state index in [9.17, 15) is 0 Å². The van der Waals surface area contributed by atoms with Gasteiger partial charge in [0.15, 0.2) is 11.6 Å². The normalized spacial score (nSPS) is 10.3. The molecule has 0 amide bonds. The molecule has 0 saturated carbocycles. The predicted molar refractivity (Wildman–Crippen MR) is 81.2 cm³/mol. The number of nitrogens with zero attached hydrogens (tertiary/aromatic N) is 2. The van der Waals surface area contributed by atoms with E-state index in [1.807, 2.05) is 42.2 Å². The number of nitrogens with two attached hydrogens (primary N) is 1. The van der Waals surface area contributed by atoms with Gasteiger partial charge in [0.2, 0.25) is 0 Å². The summed E-state index contributed by atoms with van der Waals surface area (Å²) in [6, 6.07) is 11.5. The SMILES string of the molecule is CCN(c1ccccc1)c1nc(NN)c(Cl)cc1Cl. The van der Waals surface area contributed by atoms with Gasteiger partial charge in [0, 0.05) is 12.2 Å². The van der Waals surface area contributed by atoms with Crippen LogP contribution in [0.2, 0.25) is 10.0 Å². The van der Waals surface area contributed by atoms with Gasteiger partial charge < -0.3 is 10.3 Å². The first kappa shape index (κ1) is 13.9. The van der Waals surface area contributed by atoms with E-state index in [1.54, 1.807) is 6.07 Å². The Morgan fingerprint density at radius 2 is 1.89 bits per heavy atom. The lowest BCUT2D eigenvalue weighted by atomic mass is 10.2. The molecule has 0 atom stereocenters. The van der Waals surface area contributed by atoms with Crippen molar-refractivity contribution in [2.24, 2.45) is 5.84 Å². The summed E-state index contributed by atoms with van der Waals surface area (Å²) in [4.78, 5) is 6.35. The van der Waals surface area contributed by atoms with Crippen molar-refractivity contribution < 1.29 is 0 Å². The maximum absolute atomic E-state index is 6.22. The molecule has 2 rings (SSSR count). The van der Waals surface area contributed by atoms with Crippen molar-refractivity contribution in [3.8, 4) is 0 Å². The molecule has 1 aromatic heterocycles. The van der Waals surface area contributed by atoms with Gasteiger partial charge in [-0.2, -0.15) is 0 Å². The number of hydrogen-bond acceptors (Lipinski definition) is 4. The fraction of sp³-hybridized carbons (Fsp3) is 0.154. The summed E-state index contributed by atoms with van der Waals surface area (Å²) in [5, 5.41) is 0.870. The fourth-order valence-corrected chi connectivity index (χ4v) is 2.33. The highest BCUT2D eigenvalue weighted by Gasteiger charge is 2.15. The van der Waals surface area contributed by atoms with Crippen molar-refractivity contribution in [3.05, 3.63) is 46.4 Å². The zero-order valence-electron chi connectivity index (χ0n) is 10.4. The Bertz CT molecular complexity index is 560. The summed E-state index contributed by atoms with van der Waals surface area (Å²) in [5.41, 5.74) is 3.47. The van der Waals surface area contributed by atoms with Crippen molar-refractivity contribution >= 4 is 40.5 Å². The van der Waals surface area contributed by atoms with Crippen LogP contribution >= 0.6 is 23.2 Å². The Labute approximate surface area is 122 Å². The third-order valence-corrected chi connectivity index (χ3v) is 3.25. The zero-order valence-corrected chi connectivity index (χ0v) is 11.9. The Kier molecular flexibility index (Phi) is 4.47. The van der Waals surface area contributed by atoms with Gasteiger partial charge in [-0.15, -0.1) is 0 Å². The molecule has 0 unspecified atom stereocenters. The lowest BCUT2D eigenvalue weighted by Gasteiger charge is -2.23. The lowest BCUT2D eigenvalue weighted by molar-refractivity contribution is 0.989. The van der Waals surface area contributed by atoms with E-state index in [1.165, 1.54) is 0 Å². The van der Waals surface area contributed by atoms with Crippen LogP contribution in [0.4, 0.5) is 17.3 Å². The number of anilines is 3. The number of benzene rings is 1. The highest BCUT2D eigenvalue weighted by molar-refractivity contribution is 6.37. The number of nitrogen functional groups attached to an aromatic ring is 1. The minimum absolute atomic E-state index is 0.389. The highest BCUT2D eigenvalue weighted by atomic mass is 35.5. The molecular formula is C13H14Cl2N4. The van der Waals surface area contributed by atoms with Crippen molar-refractivity contribution in [3.63, 3.8) is 0 Å². The number of rotatable bonds is 4. The number of nitrogens with one attached hydrogen (secondary N) is 1. The predicted octanol–water partition coefficient (Wildman–Crippen LogP) is 3.83. The van der Waals surface area contributed by atoms with E-state index < -0.39 is 0 Å².